The van der Waals surface area contributed by atoms with E-state index >= 15 is 0 Å². The predicted octanol–water partition coefficient (Wildman–Crippen LogP) is 2.92. The van der Waals surface area contributed by atoms with E-state index in [4.69, 9.17) is 0 Å². The molecule has 2 fully saturated rings. The highest BCUT2D eigenvalue weighted by molar-refractivity contribution is 5.76. The topological polar surface area (TPSA) is 32.3 Å². The molecular weight excluding hydrogens is 260 g/mol. The van der Waals surface area contributed by atoms with Crippen molar-refractivity contribution in [3.8, 4) is 0 Å². The Morgan fingerprint density at radius 3 is 2.38 bits per heavy atom. The number of likely N-dealkylation sites (tertiary alicyclic amines) is 1. The first-order valence-corrected chi connectivity index (χ1v) is 8.27. The molecule has 1 N–H and O–H groups in total. The molecule has 1 aromatic carbocycles. The van der Waals surface area contributed by atoms with Gasteiger partial charge in [0, 0.05) is 32.1 Å². The van der Waals surface area contributed by atoms with Crippen molar-refractivity contribution >= 4 is 5.91 Å². The molecule has 3 rings (SSSR count). The van der Waals surface area contributed by atoms with Crippen LogP contribution in [0.2, 0.25) is 0 Å². The average molecular weight is 286 g/mol. The molecule has 2 aliphatic rings. The third kappa shape index (κ3) is 3.65. The second-order valence-electron chi connectivity index (χ2n) is 6.64. The van der Waals surface area contributed by atoms with Gasteiger partial charge in [0.25, 0.3) is 0 Å². The summed E-state index contributed by atoms with van der Waals surface area (Å²) < 4.78 is 0. The van der Waals surface area contributed by atoms with E-state index in [9.17, 15) is 4.79 Å². The molecule has 1 saturated heterocycles. The van der Waals surface area contributed by atoms with Gasteiger partial charge in [0.1, 0.15) is 0 Å². The molecule has 1 unspecified atom stereocenters. The van der Waals surface area contributed by atoms with Crippen LogP contribution in [0.1, 0.15) is 50.0 Å². The molecule has 1 saturated carbocycles. The van der Waals surface area contributed by atoms with E-state index in [1.807, 2.05) is 11.9 Å². The molecule has 0 radical (unpaired) electrons. The molecule has 0 bridgehead atoms. The van der Waals surface area contributed by atoms with Crippen LogP contribution < -0.4 is 5.32 Å². The van der Waals surface area contributed by atoms with Crippen LogP contribution in [-0.2, 0) is 4.79 Å². The van der Waals surface area contributed by atoms with Gasteiger partial charge in [-0.15, -0.1) is 0 Å². The van der Waals surface area contributed by atoms with E-state index in [0.29, 0.717) is 24.4 Å². The maximum Gasteiger partial charge on any atom is 0.222 e. The van der Waals surface area contributed by atoms with Gasteiger partial charge in [0.05, 0.1) is 0 Å². The number of benzene rings is 1. The number of hydrogen-bond acceptors (Lipinski definition) is 2. The van der Waals surface area contributed by atoms with Crippen molar-refractivity contribution in [3.63, 3.8) is 0 Å². The molecule has 0 spiro atoms. The Morgan fingerprint density at radius 2 is 1.71 bits per heavy atom. The number of amides is 1. The maximum absolute atomic E-state index is 11.5. The number of rotatable bonds is 3. The molecule has 1 aliphatic carbocycles. The minimum atomic E-state index is 0.292. The van der Waals surface area contributed by atoms with Gasteiger partial charge in [0.2, 0.25) is 5.91 Å². The van der Waals surface area contributed by atoms with Gasteiger partial charge in [-0.25, -0.2) is 0 Å². The van der Waals surface area contributed by atoms with Crippen LogP contribution in [0, 0.1) is 0 Å². The Kier molecular flexibility index (Phi) is 4.59. The highest BCUT2D eigenvalue weighted by Gasteiger charge is 2.27. The lowest BCUT2D eigenvalue weighted by Gasteiger charge is -2.36. The van der Waals surface area contributed by atoms with Crippen LogP contribution in [0.5, 0.6) is 0 Å². The number of nitrogens with zero attached hydrogens (tertiary/aromatic N) is 1. The number of nitrogens with one attached hydrogen (secondary N) is 1. The fourth-order valence-corrected chi connectivity index (χ4v) is 3.80. The van der Waals surface area contributed by atoms with Crippen LogP contribution in [0.15, 0.2) is 30.3 Å². The van der Waals surface area contributed by atoms with Gasteiger partial charge < -0.3 is 10.2 Å². The third-order valence-corrected chi connectivity index (χ3v) is 5.10. The zero-order valence-corrected chi connectivity index (χ0v) is 12.9. The standard InChI is InChI=1S/C18H26N2O/c1-20-13-17(11-12-18(20)21)19-16-9-7-15(8-10-16)14-5-3-2-4-6-14/h2-6,15-17,19H,7-13H2,1H3. The fraction of sp³-hybridized carbons (Fsp3) is 0.611. The van der Waals surface area contributed by atoms with E-state index in [2.05, 4.69) is 35.6 Å². The maximum atomic E-state index is 11.5. The molecule has 3 nitrogen and oxygen atoms in total. The van der Waals surface area contributed by atoms with Gasteiger partial charge in [-0.05, 0) is 43.6 Å². The third-order valence-electron chi connectivity index (χ3n) is 5.10. The van der Waals surface area contributed by atoms with Crippen LogP contribution >= 0.6 is 0 Å². The molecule has 21 heavy (non-hydrogen) atoms. The summed E-state index contributed by atoms with van der Waals surface area (Å²) in [6.45, 7) is 0.872. The monoisotopic (exact) mass is 286 g/mol. The normalized spacial score (nSPS) is 30.4. The lowest BCUT2D eigenvalue weighted by atomic mass is 9.81. The van der Waals surface area contributed by atoms with Crippen molar-refractivity contribution in [2.45, 2.75) is 56.5 Å². The summed E-state index contributed by atoms with van der Waals surface area (Å²) in [5.74, 6) is 1.03. The number of carbonyl (C=O) groups excluding carboxylic acids is 1. The Bertz CT molecular complexity index is 465. The summed E-state index contributed by atoms with van der Waals surface area (Å²) in [6, 6.07) is 12.0. The van der Waals surface area contributed by atoms with E-state index in [1.165, 1.54) is 31.2 Å². The van der Waals surface area contributed by atoms with Gasteiger partial charge in [-0.1, -0.05) is 30.3 Å². The minimum Gasteiger partial charge on any atom is -0.344 e. The second kappa shape index (κ2) is 6.61. The first kappa shape index (κ1) is 14.6. The minimum absolute atomic E-state index is 0.292. The first-order valence-electron chi connectivity index (χ1n) is 8.27. The van der Waals surface area contributed by atoms with E-state index in [-0.39, 0.29) is 0 Å². The Balaban J connectivity index is 1.47. The highest BCUT2D eigenvalue weighted by Crippen LogP contribution is 2.33. The molecule has 1 heterocycles. The van der Waals surface area contributed by atoms with Crippen LogP contribution in [0.3, 0.4) is 0 Å². The van der Waals surface area contributed by atoms with E-state index in [0.717, 1.165) is 18.9 Å². The summed E-state index contributed by atoms with van der Waals surface area (Å²) in [5, 5.41) is 3.79. The second-order valence-corrected chi connectivity index (χ2v) is 6.64. The predicted molar refractivity (Wildman–Crippen MR) is 85.2 cm³/mol. The summed E-state index contributed by atoms with van der Waals surface area (Å²) in [5.41, 5.74) is 1.50. The molecule has 3 heteroatoms. The Hall–Kier alpha value is -1.35. The highest BCUT2D eigenvalue weighted by atomic mass is 16.2. The fourth-order valence-electron chi connectivity index (χ4n) is 3.80. The molecular formula is C18H26N2O. The van der Waals surface area contributed by atoms with Crippen molar-refractivity contribution in [2.75, 3.05) is 13.6 Å². The van der Waals surface area contributed by atoms with Gasteiger partial charge in [-0.3, -0.25) is 4.79 Å². The first-order chi connectivity index (χ1) is 10.2. The summed E-state index contributed by atoms with van der Waals surface area (Å²) in [6.07, 6.45) is 6.78. The molecule has 1 aromatic rings. The van der Waals surface area contributed by atoms with Crippen molar-refractivity contribution < 1.29 is 4.79 Å². The van der Waals surface area contributed by atoms with Gasteiger partial charge >= 0.3 is 0 Å². The van der Waals surface area contributed by atoms with Gasteiger partial charge in [-0.2, -0.15) is 0 Å². The lowest BCUT2D eigenvalue weighted by molar-refractivity contribution is -0.132. The molecule has 1 atom stereocenters. The molecule has 1 amide bonds. The van der Waals surface area contributed by atoms with Crippen molar-refractivity contribution in [1.82, 2.24) is 10.2 Å². The summed E-state index contributed by atoms with van der Waals surface area (Å²) in [7, 11) is 1.92. The molecule has 1 aliphatic heterocycles. The Labute approximate surface area is 127 Å². The number of piperidine rings is 1. The average Bonchev–Trinajstić information content (AvgIpc) is 2.53. The molecule has 114 valence electrons. The summed E-state index contributed by atoms with van der Waals surface area (Å²) >= 11 is 0. The largest absolute Gasteiger partial charge is 0.344 e. The smallest absolute Gasteiger partial charge is 0.222 e. The van der Waals surface area contributed by atoms with E-state index in [1.54, 1.807) is 0 Å². The summed E-state index contributed by atoms with van der Waals surface area (Å²) in [4.78, 5) is 13.4. The number of likely N-dealkylation sites (N-methyl/N-ethyl adjacent to an activating group) is 1. The van der Waals surface area contributed by atoms with Crippen molar-refractivity contribution in [2.24, 2.45) is 0 Å². The zero-order chi connectivity index (χ0) is 14.7. The number of carbonyl (C=O) groups is 1. The van der Waals surface area contributed by atoms with Crippen LogP contribution in [0.4, 0.5) is 0 Å². The van der Waals surface area contributed by atoms with Crippen LogP contribution in [0.25, 0.3) is 0 Å². The lowest BCUT2D eigenvalue weighted by Crippen LogP contribution is -2.50. The van der Waals surface area contributed by atoms with Gasteiger partial charge in [0.15, 0.2) is 0 Å². The zero-order valence-electron chi connectivity index (χ0n) is 12.9. The number of hydrogen-bond donors (Lipinski definition) is 1. The quantitative estimate of drug-likeness (QED) is 0.926. The SMILES string of the molecule is CN1CC(NC2CCC(c3ccccc3)CC2)CCC1=O. The van der Waals surface area contributed by atoms with Crippen LogP contribution in [-0.4, -0.2) is 36.5 Å². The van der Waals surface area contributed by atoms with Crippen molar-refractivity contribution in [3.05, 3.63) is 35.9 Å². The molecule has 0 aromatic heterocycles. The van der Waals surface area contributed by atoms with E-state index < -0.39 is 0 Å². The van der Waals surface area contributed by atoms with Crippen molar-refractivity contribution in [1.29, 1.82) is 0 Å². The Morgan fingerprint density at radius 1 is 1.00 bits per heavy atom.